The standard InChI is InChI=1S/C43H70N14O15/c1-20(2)16-29(42(71)72)51-33(63)18-50-36(65)25(6-5-15-49-43(47)48)54-41(70)34(22(4)59)57-38(67)27(12-14-32(46)62)52-37(66)26(11-13-31(45)61)53-40(69)30(19-58)56-39(68)28(55-35(64)21(3)44)17-23-7-9-24(60)10-8-23/h7-10,20-22,25-30,34,58-60H,5-6,11-19,44H2,1-4H3,(H2,45,61)(H2,46,62)(H,50,65)(H,51,63)(H,52,66)(H,53,69)(H,54,70)(H,55,64)(H,56,68)(H,57,67)(H,71,72)(H4,47,48,49)/t21-,22+,25-,26-,27-,28-,29-,30-,34-/m0/s1. The lowest BCUT2D eigenvalue weighted by Crippen LogP contribution is -2.61. The van der Waals surface area contributed by atoms with Gasteiger partial charge in [0, 0.05) is 25.8 Å². The molecule has 72 heavy (non-hydrogen) atoms. The SMILES string of the molecule is CC(C)C[C@H](NC(=O)CNC(=O)[C@H](CCCN=C(N)N)NC(=O)[C@@H](NC(=O)[C@H](CCC(N)=O)NC(=O)[C@H](CCC(N)=O)NC(=O)[C@H](CO)NC(=O)[C@H](Cc1ccc(O)cc1)NC(=O)[C@H](C)N)[C@@H](C)O)C(=O)O. The molecule has 1 rings (SSSR count). The highest BCUT2D eigenvalue weighted by Crippen LogP contribution is 2.13. The average molecular weight is 1020 g/mol. The van der Waals surface area contributed by atoms with Crippen LogP contribution >= 0.6 is 0 Å². The van der Waals surface area contributed by atoms with Crippen LogP contribution in [0.25, 0.3) is 0 Å². The van der Waals surface area contributed by atoms with Crippen LogP contribution in [-0.2, 0) is 59.2 Å². The summed E-state index contributed by atoms with van der Waals surface area (Å²) in [5, 5.41) is 58.4. The van der Waals surface area contributed by atoms with Crippen LogP contribution in [-0.4, -0.2) is 166 Å². The first-order valence-corrected chi connectivity index (χ1v) is 22.7. The number of carbonyl (C=O) groups is 11. The summed E-state index contributed by atoms with van der Waals surface area (Å²) in [7, 11) is 0. The minimum absolute atomic E-state index is 0.0250. The number of rotatable bonds is 33. The number of phenols is 1. The number of nitrogens with zero attached hydrogens (tertiary/aromatic N) is 1. The molecule has 1 aromatic rings. The van der Waals surface area contributed by atoms with Gasteiger partial charge in [0.25, 0.3) is 0 Å². The molecule has 1 aromatic carbocycles. The van der Waals surface area contributed by atoms with Gasteiger partial charge in [0.2, 0.25) is 59.1 Å². The molecule has 0 saturated heterocycles. The van der Waals surface area contributed by atoms with E-state index >= 15 is 0 Å². The van der Waals surface area contributed by atoms with Gasteiger partial charge >= 0.3 is 5.97 Å². The Morgan fingerprint density at radius 2 is 1.07 bits per heavy atom. The summed E-state index contributed by atoms with van der Waals surface area (Å²) in [6.07, 6.45) is -4.08. The Labute approximate surface area is 414 Å². The molecule has 0 unspecified atom stereocenters. The van der Waals surface area contributed by atoms with E-state index in [-0.39, 0.29) is 49.9 Å². The summed E-state index contributed by atoms with van der Waals surface area (Å²) in [5.41, 5.74) is 27.5. The monoisotopic (exact) mass is 1020 g/mol. The number of phenolic OH excluding ortho intramolecular Hbond substituents is 1. The van der Waals surface area contributed by atoms with Crippen molar-refractivity contribution in [3.63, 3.8) is 0 Å². The van der Waals surface area contributed by atoms with Crippen LogP contribution in [0.2, 0.25) is 0 Å². The lowest BCUT2D eigenvalue weighted by molar-refractivity contribution is -0.142. The van der Waals surface area contributed by atoms with Crippen molar-refractivity contribution in [3.05, 3.63) is 29.8 Å². The van der Waals surface area contributed by atoms with Gasteiger partial charge in [0.1, 0.15) is 48.0 Å². The molecule has 0 aliphatic carbocycles. The maximum atomic E-state index is 13.8. The van der Waals surface area contributed by atoms with Crippen molar-refractivity contribution < 1.29 is 73.2 Å². The molecular weight excluding hydrogens is 953 g/mol. The maximum Gasteiger partial charge on any atom is 0.326 e. The number of nitrogens with one attached hydrogen (secondary N) is 8. The molecule has 0 fully saturated rings. The summed E-state index contributed by atoms with van der Waals surface area (Å²) in [5.74, 6) is -12.0. The normalized spacial score (nSPS) is 14.7. The van der Waals surface area contributed by atoms with E-state index in [1.54, 1.807) is 13.8 Å². The zero-order valence-electron chi connectivity index (χ0n) is 40.5. The molecule has 22 N–H and O–H groups in total. The predicted molar refractivity (Wildman–Crippen MR) is 255 cm³/mol. The number of carboxylic acid groups (broad SMARTS) is 1. The van der Waals surface area contributed by atoms with E-state index in [1.165, 1.54) is 31.2 Å². The summed E-state index contributed by atoms with van der Waals surface area (Å²) >= 11 is 0. The second-order valence-corrected chi connectivity index (χ2v) is 17.1. The highest BCUT2D eigenvalue weighted by molar-refractivity contribution is 5.98. The van der Waals surface area contributed by atoms with E-state index in [1.807, 2.05) is 0 Å². The number of aromatic hydroxyl groups is 1. The van der Waals surface area contributed by atoms with Gasteiger partial charge in [-0.3, -0.25) is 52.9 Å². The Kier molecular flexibility index (Phi) is 27.3. The molecule has 9 atom stereocenters. The average Bonchev–Trinajstić information content (AvgIpc) is 3.29. The number of carbonyl (C=O) groups excluding carboxylic acids is 10. The summed E-state index contributed by atoms with van der Waals surface area (Å²) in [4.78, 5) is 146. The van der Waals surface area contributed by atoms with Gasteiger partial charge in [-0.25, -0.2) is 4.79 Å². The highest BCUT2D eigenvalue weighted by Gasteiger charge is 2.35. The third kappa shape index (κ3) is 24.3. The molecule has 29 heteroatoms. The first-order valence-electron chi connectivity index (χ1n) is 22.7. The van der Waals surface area contributed by atoms with Gasteiger partial charge in [-0.15, -0.1) is 0 Å². The van der Waals surface area contributed by atoms with Crippen molar-refractivity contribution in [2.45, 2.75) is 134 Å². The number of aliphatic hydroxyl groups excluding tert-OH is 2. The van der Waals surface area contributed by atoms with Gasteiger partial charge in [0.15, 0.2) is 5.96 Å². The van der Waals surface area contributed by atoms with Gasteiger partial charge in [0.05, 0.1) is 25.3 Å². The van der Waals surface area contributed by atoms with Crippen LogP contribution in [0, 0.1) is 5.92 Å². The Balaban J connectivity index is 3.39. The first-order chi connectivity index (χ1) is 33.6. The number of guanidine groups is 1. The van der Waals surface area contributed by atoms with Crippen LogP contribution in [0.1, 0.15) is 78.2 Å². The Hall–Kier alpha value is -7.66. The maximum absolute atomic E-state index is 13.8. The molecule has 0 aromatic heterocycles. The van der Waals surface area contributed by atoms with Crippen LogP contribution < -0.4 is 71.2 Å². The van der Waals surface area contributed by atoms with Crippen molar-refractivity contribution in [3.8, 4) is 5.75 Å². The largest absolute Gasteiger partial charge is 0.508 e. The Bertz CT molecular complexity index is 2080. The molecule has 0 bridgehead atoms. The molecule has 0 heterocycles. The van der Waals surface area contributed by atoms with E-state index in [4.69, 9.17) is 28.7 Å². The van der Waals surface area contributed by atoms with Crippen LogP contribution in [0.15, 0.2) is 29.3 Å². The smallest absolute Gasteiger partial charge is 0.326 e. The molecule has 0 saturated carbocycles. The fourth-order valence-corrected chi connectivity index (χ4v) is 6.42. The molecule has 10 amide bonds. The Morgan fingerprint density at radius 3 is 1.54 bits per heavy atom. The topological polar surface area (TPSA) is 507 Å². The van der Waals surface area contributed by atoms with Crippen molar-refractivity contribution in [1.82, 2.24) is 42.5 Å². The summed E-state index contributed by atoms with van der Waals surface area (Å²) < 4.78 is 0. The van der Waals surface area contributed by atoms with E-state index in [9.17, 15) is 73.2 Å². The molecule has 402 valence electrons. The quantitative estimate of drug-likeness (QED) is 0.0177. The van der Waals surface area contributed by atoms with E-state index < -0.39 is 158 Å². The summed E-state index contributed by atoms with van der Waals surface area (Å²) in [6.45, 7) is 4.10. The number of nitrogens with two attached hydrogens (primary N) is 5. The molecule has 29 nitrogen and oxygen atoms in total. The van der Waals surface area contributed by atoms with Crippen LogP contribution in [0.3, 0.4) is 0 Å². The summed E-state index contributed by atoms with van der Waals surface area (Å²) in [6, 6.07) is -6.81. The molecular formula is C43H70N14O15. The highest BCUT2D eigenvalue weighted by atomic mass is 16.4. The number of primary amides is 2. The molecule has 0 aliphatic heterocycles. The number of amides is 10. The number of aliphatic imine (C=N–C) groups is 1. The number of aliphatic hydroxyl groups is 2. The fourth-order valence-electron chi connectivity index (χ4n) is 6.42. The lowest BCUT2D eigenvalue weighted by Gasteiger charge is -2.28. The predicted octanol–water partition coefficient (Wildman–Crippen LogP) is -7.12. The van der Waals surface area contributed by atoms with Crippen molar-refractivity contribution in [1.29, 1.82) is 0 Å². The number of benzene rings is 1. The van der Waals surface area contributed by atoms with Crippen LogP contribution in [0.4, 0.5) is 0 Å². The van der Waals surface area contributed by atoms with E-state index in [0.29, 0.717) is 5.56 Å². The fraction of sp³-hybridized carbons (Fsp3) is 0.581. The molecule has 0 aliphatic rings. The number of hydrogen-bond acceptors (Lipinski definition) is 16. The zero-order chi connectivity index (χ0) is 54.8. The van der Waals surface area contributed by atoms with Gasteiger partial charge in [-0.1, -0.05) is 26.0 Å². The second kappa shape index (κ2) is 31.5. The molecule has 0 radical (unpaired) electrons. The van der Waals surface area contributed by atoms with Gasteiger partial charge in [-0.05, 0) is 69.6 Å². The van der Waals surface area contributed by atoms with Crippen molar-refractivity contribution >= 4 is 71.0 Å². The number of carboxylic acids is 1. The minimum atomic E-state index is -1.89. The zero-order valence-corrected chi connectivity index (χ0v) is 40.5. The third-order valence-electron chi connectivity index (χ3n) is 10.3. The Morgan fingerprint density at radius 1 is 0.597 bits per heavy atom. The molecule has 0 spiro atoms. The van der Waals surface area contributed by atoms with Crippen LogP contribution in [0.5, 0.6) is 5.75 Å². The van der Waals surface area contributed by atoms with E-state index in [2.05, 4.69) is 47.5 Å². The number of aliphatic carboxylic acids is 1. The first kappa shape index (κ1) is 62.4. The minimum Gasteiger partial charge on any atom is -0.508 e. The second-order valence-electron chi connectivity index (χ2n) is 17.1. The van der Waals surface area contributed by atoms with Crippen molar-refractivity contribution in [2.24, 2.45) is 39.6 Å². The van der Waals surface area contributed by atoms with Gasteiger partial charge < -0.3 is 91.6 Å². The third-order valence-corrected chi connectivity index (χ3v) is 10.3. The van der Waals surface area contributed by atoms with E-state index in [0.717, 1.165) is 6.92 Å². The number of hydrogen-bond donors (Lipinski definition) is 17. The van der Waals surface area contributed by atoms with Crippen molar-refractivity contribution in [2.75, 3.05) is 19.7 Å². The lowest BCUT2D eigenvalue weighted by atomic mass is 10.0. The van der Waals surface area contributed by atoms with Gasteiger partial charge in [-0.2, -0.15) is 0 Å².